The van der Waals surface area contributed by atoms with Crippen molar-refractivity contribution in [3.8, 4) is 0 Å². The first-order valence-electron chi connectivity index (χ1n) is 3.77. The predicted octanol–water partition coefficient (Wildman–Crippen LogP) is 0.318. The van der Waals surface area contributed by atoms with E-state index in [2.05, 4.69) is 4.72 Å². The zero-order valence-corrected chi connectivity index (χ0v) is 8.14. The van der Waals surface area contributed by atoms with Gasteiger partial charge in [0, 0.05) is 12.2 Å². The number of anilines is 1. The summed E-state index contributed by atoms with van der Waals surface area (Å²) in [6.07, 6.45) is 1.12. The van der Waals surface area contributed by atoms with Crippen molar-refractivity contribution >= 4 is 15.7 Å². The summed E-state index contributed by atoms with van der Waals surface area (Å²) in [5.41, 5.74) is 7.00. The molecule has 0 aromatic heterocycles. The fraction of sp³-hybridized carbons (Fsp3) is 0.250. The fourth-order valence-electron chi connectivity index (χ4n) is 0.904. The Morgan fingerprint density at radius 1 is 1.38 bits per heavy atom. The van der Waals surface area contributed by atoms with Gasteiger partial charge in [-0.15, -0.1) is 0 Å². The lowest BCUT2D eigenvalue weighted by Crippen LogP contribution is -2.21. The van der Waals surface area contributed by atoms with Crippen LogP contribution in [-0.2, 0) is 16.6 Å². The monoisotopic (exact) mass is 200 g/mol. The Bertz CT molecular complexity index is 387. The van der Waals surface area contributed by atoms with Gasteiger partial charge in [-0.3, -0.25) is 0 Å². The number of nitrogens with two attached hydrogens (primary N) is 1. The lowest BCUT2D eigenvalue weighted by atomic mass is 10.2. The van der Waals surface area contributed by atoms with E-state index in [0.29, 0.717) is 5.69 Å². The number of sulfonamides is 1. The first kappa shape index (κ1) is 10.0. The molecule has 0 aliphatic heterocycles. The Morgan fingerprint density at radius 2 is 2.00 bits per heavy atom. The predicted molar refractivity (Wildman–Crippen MR) is 52.5 cm³/mol. The summed E-state index contributed by atoms with van der Waals surface area (Å²) < 4.78 is 23.9. The van der Waals surface area contributed by atoms with Crippen LogP contribution in [0.5, 0.6) is 0 Å². The van der Waals surface area contributed by atoms with Crippen molar-refractivity contribution in [2.75, 3.05) is 12.0 Å². The summed E-state index contributed by atoms with van der Waals surface area (Å²) in [5.74, 6) is 0. The first-order chi connectivity index (χ1) is 5.99. The molecule has 0 bridgehead atoms. The van der Waals surface area contributed by atoms with Gasteiger partial charge in [0.1, 0.15) is 0 Å². The highest BCUT2D eigenvalue weighted by Gasteiger charge is 2.02. The largest absolute Gasteiger partial charge is 0.398 e. The van der Waals surface area contributed by atoms with Crippen molar-refractivity contribution in [3.05, 3.63) is 29.8 Å². The van der Waals surface area contributed by atoms with E-state index in [1.807, 2.05) is 6.07 Å². The fourth-order valence-corrected chi connectivity index (χ4v) is 1.32. The Kier molecular flexibility index (Phi) is 2.90. The Labute approximate surface area is 77.8 Å². The van der Waals surface area contributed by atoms with Crippen LogP contribution in [0.1, 0.15) is 5.56 Å². The third-order valence-electron chi connectivity index (χ3n) is 1.58. The van der Waals surface area contributed by atoms with Gasteiger partial charge in [-0.25, -0.2) is 13.1 Å². The molecule has 1 rings (SSSR count). The molecule has 0 radical (unpaired) electrons. The van der Waals surface area contributed by atoms with Crippen molar-refractivity contribution in [1.29, 1.82) is 0 Å². The SMILES string of the molecule is CS(=O)(=O)NCc1ccccc1N. The molecule has 1 aromatic rings. The van der Waals surface area contributed by atoms with Gasteiger partial charge in [0.2, 0.25) is 10.0 Å². The number of para-hydroxylation sites is 1. The maximum atomic E-state index is 10.8. The molecule has 0 saturated carbocycles. The Morgan fingerprint density at radius 3 is 2.54 bits per heavy atom. The van der Waals surface area contributed by atoms with E-state index < -0.39 is 10.0 Å². The number of rotatable bonds is 3. The van der Waals surface area contributed by atoms with Crippen molar-refractivity contribution in [2.24, 2.45) is 0 Å². The molecule has 0 atom stereocenters. The van der Waals surface area contributed by atoms with Crippen LogP contribution in [0.4, 0.5) is 5.69 Å². The maximum absolute atomic E-state index is 10.8. The standard InChI is InChI=1S/C8H12N2O2S/c1-13(11,12)10-6-7-4-2-3-5-8(7)9/h2-5,10H,6,9H2,1H3. The van der Waals surface area contributed by atoms with Gasteiger partial charge in [-0.1, -0.05) is 18.2 Å². The zero-order valence-electron chi connectivity index (χ0n) is 7.32. The molecule has 1 aromatic carbocycles. The van der Waals surface area contributed by atoms with Crippen molar-refractivity contribution in [3.63, 3.8) is 0 Å². The smallest absolute Gasteiger partial charge is 0.209 e. The highest BCUT2D eigenvalue weighted by molar-refractivity contribution is 7.88. The first-order valence-corrected chi connectivity index (χ1v) is 5.66. The van der Waals surface area contributed by atoms with E-state index in [9.17, 15) is 8.42 Å². The van der Waals surface area contributed by atoms with Crippen LogP contribution in [0, 0.1) is 0 Å². The summed E-state index contributed by atoms with van der Waals surface area (Å²) in [5, 5.41) is 0. The second-order valence-corrected chi connectivity index (χ2v) is 4.63. The van der Waals surface area contributed by atoms with Crippen LogP contribution in [0.15, 0.2) is 24.3 Å². The van der Waals surface area contributed by atoms with Crippen LogP contribution in [-0.4, -0.2) is 14.7 Å². The van der Waals surface area contributed by atoms with Crippen LogP contribution in [0.25, 0.3) is 0 Å². The second kappa shape index (κ2) is 3.76. The topological polar surface area (TPSA) is 72.2 Å². The average molecular weight is 200 g/mol. The highest BCUT2D eigenvalue weighted by atomic mass is 32.2. The molecule has 5 heteroatoms. The molecule has 4 nitrogen and oxygen atoms in total. The summed E-state index contributed by atoms with van der Waals surface area (Å²) in [4.78, 5) is 0. The molecule has 13 heavy (non-hydrogen) atoms. The number of hydrogen-bond acceptors (Lipinski definition) is 3. The van der Waals surface area contributed by atoms with E-state index >= 15 is 0 Å². The molecule has 0 amide bonds. The lowest BCUT2D eigenvalue weighted by molar-refractivity contribution is 0.587. The quantitative estimate of drug-likeness (QED) is 0.690. The molecular weight excluding hydrogens is 188 g/mol. The maximum Gasteiger partial charge on any atom is 0.209 e. The van der Waals surface area contributed by atoms with Gasteiger partial charge in [-0.2, -0.15) is 0 Å². The summed E-state index contributed by atoms with van der Waals surface area (Å²) >= 11 is 0. The molecule has 0 aliphatic carbocycles. The van der Waals surface area contributed by atoms with E-state index in [1.54, 1.807) is 18.2 Å². The number of benzene rings is 1. The summed E-state index contributed by atoms with van der Waals surface area (Å²) in [6.45, 7) is 0.242. The van der Waals surface area contributed by atoms with Crippen LogP contribution < -0.4 is 10.5 Å². The van der Waals surface area contributed by atoms with Crippen molar-refractivity contribution < 1.29 is 8.42 Å². The third kappa shape index (κ3) is 3.43. The van der Waals surface area contributed by atoms with Gasteiger partial charge >= 0.3 is 0 Å². The zero-order chi connectivity index (χ0) is 9.90. The van der Waals surface area contributed by atoms with E-state index in [1.165, 1.54) is 0 Å². The van der Waals surface area contributed by atoms with Crippen molar-refractivity contribution in [1.82, 2.24) is 4.72 Å². The molecule has 0 fully saturated rings. The van der Waals surface area contributed by atoms with Crippen LogP contribution in [0.2, 0.25) is 0 Å². The normalized spacial score (nSPS) is 11.5. The second-order valence-electron chi connectivity index (χ2n) is 2.79. The molecule has 0 aliphatic rings. The van der Waals surface area contributed by atoms with Gasteiger partial charge < -0.3 is 5.73 Å². The molecule has 0 spiro atoms. The average Bonchev–Trinajstić information content (AvgIpc) is 2.01. The van der Waals surface area contributed by atoms with E-state index in [-0.39, 0.29) is 6.54 Å². The minimum absolute atomic E-state index is 0.242. The minimum Gasteiger partial charge on any atom is -0.398 e. The number of nitrogen functional groups attached to an aromatic ring is 1. The molecule has 72 valence electrons. The Balaban J connectivity index is 2.71. The van der Waals surface area contributed by atoms with Crippen molar-refractivity contribution in [2.45, 2.75) is 6.54 Å². The molecule has 0 saturated heterocycles. The molecule has 0 heterocycles. The van der Waals surface area contributed by atoms with Gasteiger partial charge in [0.25, 0.3) is 0 Å². The van der Waals surface area contributed by atoms with Gasteiger partial charge in [-0.05, 0) is 11.6 Å². The van der Waals surface area contributed by atoms with Crippen LogP contribution >= 0.6 is 0 Å². The van der Waals surface area contributed by atoms with E-state index in [4.69, 9.17) is 5.73 Å². The molecular formula is C8H12N2O2S. The van der Waals surface area contributed by atoms with Crippen LogP contribution in [0.3, 0.4) is 0 Å². The number of nitrogens with one attached hydrogen (secondary N) is 1. The highest BCUT2D eigenvalue weighted by Crippen LogP contribution is 2.09. The Hall–Kier alpha value is -1.07. The molecule has 0 unspecified atom stereocenters. The lowest BCUT2D eigenvalue weighted by Gasteiger charge is -2.04. The third-order valence-corrected chi connectivity index (χ3v) is 2.25. The van der Waals surface area contributed by atoms with Gasteiger partial charge in [0.05, 0.1) is 6.26 Å². The number of hydrogen-bond donors (Lipinski definition) is 2. The molecule has 3 N–H and O–H groups in total. The van der Waals surface area contributed by atoms with E-state index in [0.717, 1.165) is 11.8 Å². The van der Waals surface area contributed by atoms with Gasteiger partial charge in [0.15, 0.2) is 0 Å². The minimum atomic E-state index is -3.14. The summed E-state index contributed by atoms with van der Waals surface area (Å²) in [6, 6.07) is 7.14. The summed E-state index contributed by atoms with van der Waals surface area (Å²) in [7, 11) is -3.14.